The number of cyclic esters (lactones) is 1. The van der Waals surface area contributed by atoms with E-state index in [0.29, 0.717) is 24.2 Å². The van der Waals surface area contributed by atoms with Crippen LogP contribution in [0.25, 0.3) is 11.1 Å². The molecule has 0 atom stereocenters. The number of hydrogen-bond acceptors (Lipinski definition) is 4. The minimum Gasteiger partial charge on any atom is -0.441 e. The number of rotatable bonds is 5. The Morgan fingerprint density at radius 1 is 1.30 bits per heavy atom. The molecule has 1 aromatic carbocycles. The molecule has 1 aliphatic heterocycles. The van der Waals surface area contributed by atoms with Gasteiger partial charge in [-0.15, -0.1) is 0 Å². The highest BCUT2D eigenvalue weighted by atomic mass is 19.3. The van der Waals surface area contributed by atoms with Crippen molar-refractivity contribution in [1.29, 1.82) is 0 Å². The van der Waals surface area contributed by atoms with E-state index in [1.54, 1.807) is 17.2 Å². The molecule has 8 heteroatoms. The van der Waals surface area contributed by atoms with Gasteiger partial charge in [0.1, 0.15) is 5.60 Å². The standard InChI is InChI=1S/C19H19F3N2O3/c1-11-14(9-24-10-19(2,3)27-18(24)25)6-13(8-23-11)12-4-5-15(20)16(7-12)26-17(21)22/h4-8,17H,9-10H2,1-3H3. The van der Waals surface area contributed by atoms with Crippen LogP contribution in [0.5, 0.6) is 5.75 Å². The summed E-state index contributed by atoms with van der Waals surface area (Å²) in [5, 5.41) is 0. The Kier molecular flexibility index (Phi) is 4.99. The van der Waals surface area contributed by atoms with E-state index in [9.17, 15) is 18.0 Å². The molecule has 1 amide bonds. The Morgan fingerprint density at radius 3 is 2.67 bits per heavy atom. The highest BCUT2D eigenvalue weighted by Gasteiger charge is 2.37. The number of pyridine rings is 1. The van der Waals surface area contributed by atoms with E-state index in [2.05, 4.69) is 9.72 Å². The SMILES string of the molecule is Cc1ncc(-c2ccc(F)c(OC(F)F)c2)cc1CN1CC(C)(C)OC1=O. The molecule has 1 fully saturated rings. The molecule has 0 saturated carbocycles. The predicted molar refractivity (Wildman–Crippen MR) is 92.0 cm³/mol. The zero-order chi connectivity index (χ0) is 19.8. The number of ether oxygens (including phenoxy) is 2. The fraction of sp³-hybridized carbons (Fsp3) is 0.368. The average Bonchev–Trinajstić information content (AvgIpc) is 2.83. The van der Waals surface area contributed by atoms with Gasteiger partial charge in [0.05, 0.1) is 13.1 Å². The summed E-state index contributed by atoms with van der Waals surface area (Å²) in [5.41, 5.74) is 2.02. The van der Waals surface area contributed by atoms with E-state index in [-0.39, 0.29) is 0 Å². The molecule has 0 N–H and O–H groups in total. The lowest BCUT2D eigenvalue weighted by atomic mass is 10.0. The van der Waals surface area contributed by atoms with Crippen molar-refractivity contribution in [2.45, 2.75) is 39.5 Å². The molecule has 144 valence electrons. The van der Waals surface area contributed by atoms with Gasteiger partial charge in [-0.1, -0.05) is 6.07 Å². The lowest BCUT2D eigenvalue weighted by Gasteiger charge is -2.17. The van der Waals surface area contributed by atoms with Gasteiger partial charge >= 0.3 is 12.7 Å². The van der Waals surface area contributed by atoms with Gasteiger partial charge in [-0.3, -0.25) is 9.88 Å². The van der Waals surface area contributed by atoms with Crippen LogP contribution < -0.4 is 4.74 Å². The number of benzene rings is 1. The van der Waals surface area contributed by atoms with E-state index < -0.39 is 29.9 Å². The number of halogens is 3. The molecule has 1 saturated heterocycles. The van der Waals surface area contributed by atoms with Crippen LogP contribution in [0.3, 0.4) is 0 Å². The number of carbonyl (C=O) groups excluding carboxylic acids is 1. The van der Waals surface area contributed by atoms with Crippen molar-refractivity contribution >= 4 is 6.09 Å². The van der Waals surface area contributed by atoms with Crippen LogP contribution in [0.15, 0.2) is 30.5 Å². The maximum atomic E-state index is 13.6. The molecule has 0 radical (unpaired) electrons. The second kappa shape index (κ2) is 7.09. The maximum absolute atomic E-state index is 13.6. The van der Waals surface area contributed by atoms with Crippen LogP contribution in [-0.2, 0) is 11.3 Å². The summed E-state index contributed by atoms with van der Waals surface area (Å²) >= 11 is 0. The van der Waals surface area contributed by atoms with E-state index in [1.165, 1.54) is 12.1 Å². The van der Waals surface area contributed by atoms with E-state index in [4.69, 9.17) is 4.74 Å². The van der Waals surface area contributed by atoms with Gasteiger partial charge in [-0.25, -0.2) is 9.18 Å². The number of aromatic nitrogens is 1. The molecule has 5 nitrogen and oxygen atoms in total. The summed E-state index contributed by atoms with van der Waals surface area (Å²) in [4.78, 5) is 17.9. The zero-order valence-corrected chi connectivity index (χ0v) is 15.1. The van der Waals surface area contributed by atoms with Gasteiger partial charge < -0.3 is 9.47 Å². The Balaban J connectivity index is 1.89. The predicted octanol–water partition coefficient (Wildman–Crippen LogP) is 4.53. The molecule has 2 heterocycles. The van der Waals surface area contributed by atoms with E-state index in [0.717, 1.165) is 17.3 Å². The summed E-state index contributed by atoms with van der Waals surface area (Å²) in [6.45, 7) is 3.09. The van der Waals surface area contributed by atoms with Crippen molar-refractivity contribution in [3.05, 3.63) is 47.5 Å². The summed E-state index contributed by atoms with van der Waals surface area (Å²) in [7, 11) is 0. The number of nitrogens with zero attached hydrogens (tertiary/aromatic N) is 2. The van der Waals surface area contributed by atoms with Crippen molar-refractivity contribution < 1.29 is 27.4 Å². The lowest BCUT2D eigenvalue weighted by molar-refractivity contribution is -0.0521. The second-order valence-electron chi connectivity index (χ2n) is 6.98. The van der Waals surface area contributed by atoms with Crippen molar-refractivity contribution in [3.63, 3.8) is 0 Å². The minimum absolute atomic E-state index is 0.302. The molecule has 0 aliphatic carbocycles. The quantitative estimate of drug-likeness (QED) is 0.765. The van der Waals surface area contributed by atoms with Crippen LogP contribution in [0.2, 0.25) is 0 Å². The Labute approximate surface area is 154 Å². The normalized spacial score (nSPS) is 16.0. The first-order valence-electron chi connectivity index (χ1n) is 8.33. The van der Waals surface area contributed by atoms with Crippen molar-refractivity contribution in [1.82, 2.24) is 9.88 Å². The number of aryl methyl sites for hydroxylation is 1. The third-order valence-corrected chi connectivity index (χ3v) is 4.23. The molecule has 0 bridgehead atoms. The van der Waals surface area contributed by atoms with Crippen LogP contribution in [0.4, 0.5) is 18.0 Å². The van der Waals surface area contributed by atoms with Crippen LogP contribution in [0.1, 0.15) is 25.1 Å². The first-order chi connectivity index (χ1) is 12.6. The second-order valence-corrected chi connectivity index (χ2v) is 6.98. The largest absolute Gasteiger partial charge is 0.441 e. The number of alkyl halides is 2. The molecule has 27 heavy (non-hydrogen) atoms. The summed E-state index contributed by atoms with van der Waals surface area (Å²) in [6.07, 6.45) is 1.16. The van der Waals surface area contributed by atoms with E-state index >= 15 is 0 Å². The fourth-order valence-corrected chi connectivity index (χ4v) is 2.95. The smallest absolute Gasteiger partial charge is 0.410 e. The third kappa shape index (κ3) is 4.32. The van der Waals surface area contributed by atoms with Gasteiger partial charge in [-0.05, 0) is 50.1 Å². The van der Waals surface area contributed by atoms with Crippen molar-refractivity contribution in [2.75, 3.05) is 6.54 Å². The van der Waals surface area contributed by atoms with Gasteiger partial charge in [0.15, 0.2) is 11.6 Å². The van der Waals surface area contributed by atoms with Crippen LogP contribution >= 0.6 is 0 Å². The van der Waals surface area contributed by atoms with Crippen molar-refractivity contribution in [3.8, 4) is 16.9 Å². The summed E-state index contributed by atoms with van der Waals surface area (Å²) in [5.74, 6) is -1.41. The van der Waals surface area contributed by atoms with E-state index in [1.807, 2.05) is 20.8 Å². The topological polar surface area (TPSA) is 51.7 Å². The van der Waals surface area contributed by atoms with Crippen LogP contribution in [0, 0.1) is 12.7 Å². The molecular formula is C19H19F3N2O3. The zero-order valence-electron chi connectivity index (χ0n) is 15.1. The number of carbonyl (C=O) groups is 1. The van der Waals surface area contributed by atoms with Gasteiger partial charge in [0, 0.05) is 17.5 Å². The molecule has 2 aromatic rings. The van der Waals surface area contributed by atoms with Crippen molar-refractivity contribution in [2.24, 2.45) is 0 Å². The molecule has 1 aliphatic rings. The highest BCUT2D eigenvalue weighted by Crippen LogP contribution is 2.29. The average molecular weight is 380 g/mol. The molecule has 3 rings (SSSR count). The molecule has 0 unspecified atom stereocenters. The molecule has 0 spiro atoms. The number of amides is 1. The first kappa shape index (κ1) is 19.0. The first-order valence-corrected chi connectivity index (χ1v) is 8.33. The van der Waals surface area contributed by atoms with Gasteiger partial charge in [-0.2, -0.15) is 8.78 Å². The Morgan fingerprint density at radius 2 is 2.04 bits per heavy atom. The Bertz CT molecular complexity index is 871. The lowest BCUT2D eigenvalue weighted by Crippen LogP contribution is -2.28. The fourth-order valence-electron chi connectivity index (χ4n) is 2.95. The Hall–Kier alpha value is -2.77. The third-order valence-electron chi connectivity index (χ3n) is 4.23. The molecular weight excluding hydrogens is 361 g/mol. The van der Waals surface area contributed by atoms with Crippen LogP contribution in [-0.4, -0.2) is 34.7 Å². The maximum Gasteiger partial charge on any atom is 0.410 e. The monoisotopic (exact) mass is 380 g/mol. The summed E-state index contributed by atoms with van der Waals surface area (Å²) < 4.78 is 48.0. The van der Waals surface area contributed by atoms with Gasteiger partial charge in [0.25, 0.3) is 0 Å². The number of hydrogen-bond donors (Lipinski definition) is 0. The summed E-state index contributed by atoms with van der Waals surface area (Å²) in [6, 6.07) is 5.51. The molecule has 1 aromatic heterocycles. The highest BCUT2D eigenvalue weighted by molar-refractivity contribution is 5.71. The van der Waals surface area contributed by atoms with Gasteiger partial charge in [0.2, 0.25) is 0 Å². The minimum atomic E-state index is -3.12.